The highest BCUT2D eigenvalue weighted by Gasteiger charge is 2.34. The van der Waals surface area contributed by atoms with Crippen LogP contribution in [0.3, 0.4) is 0 Å². The fourth-order valence-corrected chi connectivity index (χ4v) is 3.55. The number of rotatable bonds is 4. The third-order valence-electron chi connectivity index (χ3n) is 4.76. The normalized spacial score (nSPS) is 14.9. The minimum Gasteiger partial charge on any atom is -0.422 e. The highest BCUT2D eigenvalue weighted by atomic mass is 32.1. The van der Waals surface area contributed by atoms with Crippen LogP contribution in [0, 0.1) is 13.8 Å². The molecule has 0 radical (unpaired) electrons. The molecule has 6 nitrogen and oxygen atoms in total. The van der Waals surface area contributed by atoms with Gasteiger partial charge in [-0.15, -0.1) is 11.3 Å². The Balaban J connectivity index is 1.51. The van der Waals surface area contributed by atoms with Gasteiger partial charge >= 0.3 is 5.97 Å². The molecule has 7 heteroatoms. The van der Waals surface area contributed by atoms with E-state index in [2.05, 4.69) is 5.43 Å². The highest BCUT2D eigenvalue weighted by molar-refractivity contribution is 7.12. The molecule has 1 aromatic heterocycles. The zero-order valence-corrected chi connectivity index (χ0v) is 17.2. The van der Waals surface area contributed by atoms with Crippen LogP contribution < -0.4 is 15.2 Å². The number of carbonyl (C=O) groups is 3. The van der Waals surface area contributed by atoms with Crippen LogP contribution in [0.2, 0.25) is 0 Å². The number of hydrazine groups is 1. The van der Waals surface area contributed by atoms with Gasteiger partial charge < -0.3 is 4.74 Å². The molecule has 2 aromatic carbocycles. The summed E-state index contributed by atoms with van der Waals surface area (Å²) in [7, 11) is 0. The van der Waals surface area contributed by atoms with E-state index in [1.165, 1.54) is 22.4 Å². The van der Waals surface area contributed by atoms with Gasteiger partial charge in [0.2, 0.25) is 0 Å². The van der Waals surface area contributed by atoms with Crippen LogP contribution >= 0.6 is 11.3 Å². The number of nitrogens with zero attached hydrogens (tertiary/aromatic N) is 1. The number of thiophene rings is 1. The van der Waals surface area contributed by atoms with Gasteiger partial charge in [-0.3, -0.25) is 15.0 Å². The molecule has 150 valence electrons. The number of amides is 2. The summed E-state index contributed by atoms with van der Waals surface area (Å²) in [6, 6.07) is 15.6. The van der Waals surface area contributed by atoms with Gasteiger partial charge in [0.05, 0.1) is 5.69 Å². The van der Waals surface area contributed by atoms with Gasteiger partial charge in [-0.05, 0) is 72.3 Å². The third kappa shape index (κ3) is 3.88. The number of anilines is 1. The van der Waals surface area contributed by atoms with E-state index in [9.17, 15) is 14.4 Å². The van der Waals surface area contributed by atoms with Crippen molar-refractivity contribution in [3.8, 4) is 5.75 Å². The standard InChI is InChI=1S/C23H18N2O4S/c1-14-5-8-17(12-15(14)2)25-22(27)19(21(26)24-25)13-16-6-9-18(10-7-16)29-23(28)20-4-3-11-30-20/h3-13H,1-2H3,(H,24,26)/b19-13-. The second-order valence-corrected chi connectivity index (χ2v) is 7.79. The first-order chi connectivity index (χ1) is 14.4. The van der Waals surface area contributed by atoms with E-state index in [1.807, 2.05) is 26.0 Å². The monoisotopic (exact) mass is 418 g/mol. The first-order valence-electron chi connectivity index (χ1n) is 9.22. The summed E-state index contributed by atoms with van der Waals surface area (Å²) < 4.78 is 5.32. The molecule has 2 heterocycles. The Morgan fingerprint density at radius 3 is 2.47 bits per heavy atom. The second-order valence-electron chi connectivity index (χ2n) is 6.84. The van der Waals surface area contributed by atoms with Crippen molar-refractivity contribution < 1.29 is 19.1 Å². The Morgan fingerprint density at radius 1 is 1.03 bits per heavy atom. The van der Waals surface area contributed by atoms with Crippen LogP contribution in [0.4, 0.5) is 5.69 Å². The summed E-state index contributed by atoms with van der Waals surface area (Å²) in [6.45, 7) is 3.93. The Bertz CT molecular complexity index is 1160. The lowest BCUT2D eigenvalue weighted by atomic mass is 10.1. The molecule has 0 saturated carbocycles. The van der Waals surface area contributed by atoms with Gasteiger partial charge in [-0.2, -0.15) is 0 Å². The SMILES string of the molecule is Cc1ccc(N2NC(=O)/C(=C/c3ccc(OC(=O)c4cccs4)cc3)C2=O)cc1C. The molecule has 4 rings (SSSR count). The quantitative estimate of drug-likeness (QED) is 0.300. The number of aryl methyl sites for hydroxylation is 2. The predicted molar refractivity (Wildman–Crippen MR) is 115 cm³/mol. The van der Waals surface area contributed by atoms with E-state index in [0.717, 1.165) is 11.1 Å². The molecule has 2 amide bonds. The van der Waals surface area contributed by atoms with E-state index in [4.69, 9.17) is 4.74 Å². The zero-order chi connectivity index (χ0) is 21.3. The predicted octanol–water partition coefficient (Wildman–Crippen LogP) is 4.05. The van der Waals surface area contributed by atoms with Gasteiger partial charge in [0.1, 0.15) is 16.2 Å². The van der Waals surface area contributed by atoms with Crippen molar-refractivity contribution in [1.29, 1.82) is 0 Å². The number of carbonyl (C=O) groups excluding carboxylic acids is 3. The number of nitrogens with one attached hydrogen (secondary N) is 1. The minimum absolute atomic E-state index is 0.0385. The molecule has 0 aliphatic carbocycles. The minimum atomic E-state index is -0.466. The largest absolute Gasteiger partial charge is 0.422 e. The summed E-state index contributed by atoms with van der Waals surface area (Å²) in [6.07, 6.45) is 1.52. The summed E-state index contributed by atoms with van der Waals surface area (Å²) in [5.74, 6) is -0.928. The van der Waals surface area contributed by atoms with Crippen molar-refractivity contribution >= 4 is 40.9 Å². The molecule has 0 spiro atoms. The molecule has 0 bridgehead atoms. The summed E-state index contributed by atoms with van der Waals surface area (Å²) in [4.78, 5) is 37.7. The first-order valence-corrected chi connectivity index (χ1v) is 10.1. The van der Waals surface area contributed by atoms with Crippen LogP contribution in [-0.2, 0) is 9.59 Å². The molecule has 1 saturated heterocycles. The second kappa shape index (κ2) is 7.96. The van der Waals surface area contributed by atoms with E-state index in [1.54, 1.807) is 47.8 Å². The van der Waals surface area contributed by atoms with Gasteiger partial charge in [0, 0.05) is 0 Å². The van der Waals surface area contributed by atoms with E-state index >= 15 is 0 Å². The lowest BCUT2D eigenvalue weighted by Crippen LogP contribution is -2.35. The van der Waals surface area contributed by atoms with Crippen LogP contribution in [0.1, 0.15) is 26.4 Å². The number of esters is 1. The summed E-state index contributed by atoms with van der Waals surface area (Å²) in [5.41, 5.74) is 6.02. The van der Waals surface area contributed by atoms with Crippen LogP contribution in [0.15, 0.2) is 65.6 Å². The average Bonchev–Trinajstić information content (AvgIpc) is 3.36. The fourth-order valence-electron chi connectivity index (χ4n) is 2.95. The number of hydrogen-bond acceptors (Lipinski definition) is 5. The molecule has 0 atom stereocenters. The highest BCUT2D eigenvalue weighted by Crippen LogP contribution is 2.24. The third-order valence-corrected chi connectivity index (χ3v) is 5.61. The van der Waals surface area contributed by atoms with E-state index in [0.29, 0.717) is 21.9 Å². The van der Waals surface area contributed by atoms with Crippen LogP contribution in [0.5, 0.6) is 5.75 Å². The molecule has 3 aromatic rings. The van der Waals surface area contributed by atoms with Gasteiger partial charge in [-0.1, -0.05) is 24.3 Å². The van der Waals surface area contributed by atoms with E-state index in [-0.39, 0.29) is 5.57 Å². The molecule has 1 N–H and O–H groups in total. The first kappa shape index (κ1) is 19.6. The molecule has 0 unspecified atom stereocenters. The van der Waals surface area contributed by atoms with Crippen molar-refractivity contribution in [3.63, 3.8) is 0 Å². The smallest absolute Gasteiger partial charge is 0.353 e. The number of hydrogen-bond donors (Lipinski definition) is 1. The van der Waals surface area contributed by atoms with Crippen molar-refractivity contribution in [2.24, 2.45) is 0 Å². The van der Waals surface area contributed by atoms with Crippen LogP contribution in [0.25, 0.3) is 6.08 Å². The molecular formula is C23H18N2O4S. The fraction of sp³-hybridized carbons (Fsp3) is 0.0870. The van der Waals surface area contributed by atoms with Crippen molar-refractivity contribution in [3.05, 3.63) is 87.1 Å². The van der Waals surface area contributed by atoms with Crippen molar-refractivity contribution in [1.82, 2.24) is 5.43 Å². The Kier molecular flexibility index (Phi) is 5.20. The maximum atomic E-state index is 12.8. The van der Waals surface area contributed by atoms with Crippen molar-refractivity contribution in [2.75, 3.05) is 5.01 Å². The number of ether oxygens (including phenoxy) is 1. The van der Waals surface area contributed by atoms with Gasteiger partial charge in [-0.25, -0.2) is 9.80 Å². The topological polar surface area (TPSA) is 75.7 Å². The lowest BCUT2D eigenvalue weighted by Gasteiger charge is -2.15. The molecule has 1 fully saturated rings. The molecule has 1 aliphatic heterocycles. The molecule has 1 aliphatic rings. The summed E-state index contributed by atoms with van der Waals surface area (Å²) >= 11 is 1.30. The Morgan fingerprint density at radius 2 is 1.80 bits per heavy atom. The zero-order valence-electron chi connectivity index (χ0n) is 16.3. The number of benzene rings is 2. The van der Waals surface area contributed by atoms with Crippen LogP contribution in [-0.4, -0.2) is 17.8 Å². The lowest BCUT2D eigenvalue weighted by molar-refractivity contribution is -0.117. The average molecular weight is 418 g/mol. The Hall–Kier alpha value is -3.71. The maximum Gasteiger partial charge on any atom is 0.353 e. The molecule has 30 heavy (non-hydrogen) atoms. The van der Waals surface area contributed by atoms with Crippen molar-refractivity contribution in [2.45, 2.75) is 13.8 Å². The molecular weight excluding hydrogens is 400 g/mol. The van der Waals surface area contributed by atoms with E-state index < -0.39 is 17.8 Å². The maximum absolute atomic E-state index is 12.8. The van der Waals surface area contributed by atoms with Gasteiger partial charge in [0.25, 0.3) is 11.8 Å². The van der Waals surface area contributed by atoms with Gasteiger partial charge in [0.15, 0.2) is 0 Å². The summed E-state index contributed by atoms with van der Waals surface area (Å²) in [5, 5.41) is 3.05. The Labute approximate surface area is 177 Å².